The summed E-state index contributed by atoms with van der Waals surface area (Å²) in [5, 5.41) is 7.17. The molecule has 15 heavy (non-hydrogen) atoms. The van der Waals surface area contributed by atoms with Gasteiger partial charge in [-0.1, -0.05) is 0 Å². The Hall–Kier alpha value is -1.36. The fourth-order valence-electron chi connectivity index (χ4n) is 1.21. The van der Waals surface area contributed by atoms with Gasteiger partial charge in [-0.3, -0.25) is 9.48 Å². The predicted octanol–water partition coefficient (Wildman–Crippen LogP) is -0.184. The molecule has 0 fully saturated rings. The monoisotopic (exact) mass is 210 g/mol. The lowest BCUT2D eigenvalue weighted by Crippen LogP contribution is -2.51. The maximum Gasteiger partial charge on any atom is 0.237 e. The van der Waals surface area contributed by atoms with Crippen molar-refractivity contribution in [2.24, 2.45) is 12.8 Å². The van der Waals surface area contributed by atoms with Gasteiger partial charge in [0, 0.05) is 19.8 Å². The number of primary amides is 1. The van der Waals surface area contributed by atoms with Gasteiger partial charge in [-0.2, -0.15) is 5.10 Å². The van der Waals surface area contributed by atoms with Crippen LogP contribution in [0.25, 0.3) is 0 Å². The topological polar surface area (TPSA) is 72.9 Å². The van der Waals surface area contributed by atoms with Crippen molar-refractivity contribution in [1.29, 1.82) is 0 Å². The van der Waals surface area contributed by atoms with E-state index in [-0.39, 0.29) is 5.91 Å². The number of aromatic nitrogens is 2. The lowest BCUT2D eigenvalue weighted by atomic mass is 10.0. The zero-order valence-corrected chi connectivity index (χ0v) is 9.45. The summed E-state index contributed by atoms with van der Waals surface area (Å²) in [7, 11) is 1.88. The molecule has 5 heteroatoms. The minimum atomic E-state index is -0.651. The van der Waals surface area contributed by atoms with E-state index < -0.39 is 5.54 Å². The van der Waals surface area contributed by atoms with Gasteiger partial charge >= 0.3 is 0 Å². The summed E-state index contributed by atoms with van der Waals surface area (Å²) >= 11 is 0. The van der Waals surface area contributed by atoms with Crippen molar-refractivity contribution in [2.75, 3.05) is 6.54 Å². The largest absolute Gasteiger partial charge is 0.368 e. The number of amides is 1. The van der Waals surface area contributed by atoms with Crippen LogP contribution >= 0.6 is 0 Å². The highest BCUT2D eigenvalue weighted by Crippen LogP contribution is 2.01. The van der Waals surface area contributed by atoms with E-state index in [9.17, 15) is 4.79 Å². The second-order valence-electron chi connectivity index (χ2n) is 4.19. The fraction of sp³-hybridized carbons (Fsp3) is 0.600. The molecule has 0 aromatic carbocycles. The van der Waals surface area contributed by atoms with E-state index in [2.05, 4.69) is 10.4 Å². The number of hydrogen-bond donors (Lipinski definition) is 2. The van der Waals surface area contributed by atoms with Crippen LogP contribution in [0.3, 0.4) is 0 Å². The quantitative estimate of drug-likeness (QED) is 0.708. The maximum absolute atomic E-state index is 11.0. The number of hydrogen-bond acceptors (Lipinski definition) is 3. The van der Waals surface area contributed by atoms with Gasteiger partial charge in [-0.15, -0.1) is 0 Å². The Morgan fingerprint density at radius 2 is 2.33 bits per heavy atom. The Labute approximate surface area is 89.6 Å². The van der Waals surface area contributed by atoms with Gasteiger partial charge < -0.3 is 11.1 Å². The van der Waals surface area contributed by atoms with Gasteiger partial charge in [0.05, 0.1) is 11.7 Å². The first-order valence-corrected chi connectivity index (χ1v) is 4.94. The minimum absolute atomic E-state index is 0.339. The standard InChI is InChI=1S/C10H18N4O/c1-10(2,9(11)15)12-5-4-8-6-13-14(3)7-8/h6-7,12H,4-5H2,1-3H3,(H2,11,15). The van der Waals surface area contributed by atoms with E-state index in [1.54, 1.807) is 18.5 Å². The number of nitrogens with one attached hydrogen (secondary N) is 1. The molecule has 0 radical (unpaired) electrons. The van der Waals surface area contributed by atoms with Crippen molar-refractivity contribution >= 4 is 5.91 Å². The summed E-state index contributed by atoms with van der Waals surface area (Å²) in [5.41, 5.74) is 5.73. The van der Waals surface area contributed by atoms with Crippen LogP contribution < -0.4 is 11.1 Å². The summed E-state index contributed by atoms with van der Waals surface area (Å²) in [4.78, 5) is 11.0. The van der Waals surface area contributed by atoms with Gasteiger partial charge in [0.15, 0.2) is 0 Å². The smallest absolute Gasteiger partial charge is 0.237 e. The average molecular weight is 210 g/mol. The average Bonchev–Trinajstić information content (AvgIpc) is 2.51. The maximum atomic E-state index is 11.0. The van der Waals surface area contributed by atoms with Crippen LogP contribution in [0.4, 0.5) is 0 Å². The molecule has 0 saturated heterocycles. The number of nitrogens with zero attached hydrogens (tertiary/aromatic N) is 2. The molecule has 0 aliphatic heterocycles. The van der Waals surface area contributed by atoms with Crippen LogP contribution in [0, 0.1) is 0 Å². The van der Waals surface area contributed by atoms with Crippen LogP contribution in [-0.2, 0) is 18.3 Å². The summed E-state index contributed by atoms with van der Waals surface area (Å²) in [6, 6.07) is 0. The molecule has 1 rings (SSSR count). The van der Waals surface area contributed by atoms with Crippen LogP contribution in [0.2, 0.25) is 0 Å². The molecule has 0 unspecified atom stereocenters. The summed E-state index contributed by atoms with van der Waals surface area (Å²) < 4.78 is 1.76. The number of nitrogens with two attached hydrogens (primary N) is 1. The Morgan fingerprint density at radius 1 is 1.67 bits per heavy atom. The van der Waals surface area contributed by atoms with Gasteiger partial charge in [-0.05, 0) is 25.8 Å². The van der Waals surface area contributed by atoms with Gasteiger partial charge in [0.2, 0.25) is 5.91 Å². The van der Waals surface area contributed by atoms with Crippen molar-refractivity contribution in [3.63, 3.8) is 0 Å². The number of carbonyl (C=O) groups is 1. The lowest BCUT2D eigenvalue weighted by Gasteiger charge is -2.21. The molecular weight excluding hydrogens is 192 g/mol. The molecule has 1 heterocycles. The molecule has 1 amide bonds. The molecule has 3 N–H and O–H groups in total. The third-order valence-electron chi connectivity index (χ3n) is 2.35. The van der Waals surface area contributed by atoms with Crippen molar-refractivity contribution in [2.45, 2.75) is 25.8 Å². The van der Waals surface area contributed by atoms with Crippen LogP contribution in [0.5, 0.6) is 0 Å². The third kappa shape index (κ3) is 3.36. The van der Waals surface area contributed by atoms with Crippen molar-refractivity contribution < 1.29 is 4.79 Å². The van der Waals surface area contributed by atoms with Crippen LogP contribution in [-0.4, -0.2) is 27.8 Å². The summed E-state index contributed by atoms with van der Waals surface area (Å²) in [5.74, 6) is -0.339. The first kappa shape index (κ1) is 11.7. The van der Waals surface area contributed by atoms with E-state index in [1.807, 2.05) is 19.4 Å². The Kier molecular flexibility index (Phi) is 3.47. The molecule has 5 nitrogen and oxygen atoms in total. The molecule has 1 aromatic rings. The Bertz CT molecular complexity index is 343. The van der Waals surface area contributed by atoms with Crippen molar-refractivity contribution in [3.05, 3.63) is 18.0 Å². The van der Waals surface area contributed by atoms with E-state index in [0.717, 1.165) is 12.0 Å². The van der Waals surface area contributed by atoms with Gasteiger partial charge in [-0.25, -0.2) is 0 Å². The minimum Gasteiger partial charge on any atom is -0.368 e. The van der Waals surface area contributed by atoms with E-state index >= 15 is 0 Å². The highest BCUT2D eigenvalue weighted by Gasteiger charge is 2.23. The summed E-state index contributed by atoms with van der Waals surface area (Å²) in [6.45, 7) is 4.26. The highest BCUT2D eigenvalue weighted by atomic mass is 16.1. The first-order valence-electron chi connectivity index (χ1n) is 4.94. The van der Waals surface area contributed by atoms with Gasteiger partial charge in [0.25, 0.3) is 0 Å². The molecule has 0 atom stereocenters. The van der Waals surface area contributed by atoms with Crippen molar-refractivity contribution in [3.8, 4) is 0 Å². The molecular formula is C10H18N4O. The zero-order chi connectivity index (χ0) is 11.5. The second kappa shape index (κ2) is 4.44. The molecule has 0 spiro atoms. The fourth-order valence-corrected chi connectivity index (χ4v) is 1.21. The Morgan fingerprint density at radius 3 is 2.80 bits per heavy atom. The van der Waals surface area contributed by atoms with E-state index in [4.69, 9.17) is 5.73 Å². The number of carbonyl (C=O) groups excluding carboxylic acids is 1. The second-order valence-corrected chi connectivity index (χ2v) is 4.19. The molecule has 0 bridgehead atoms. The lowest BCUT2D eigenvalue weighted by molar-refractivity contribution is -0.123. The third-order valence-corrected chi connectivity index (χ3v) is 2.35. The molecule has 84 valence electrons. The normalized spacial score (nSPS) is 11.7. The molecule has 0 aliphatic rings. The van der Waals surface area contributed by atoms with Gasteiger partial charge in [0.1, 0.15) is 0 Å². The summed E-state index contributed by atoms with van der Waals surface area (Å²) in [6.07, 6.45) is 4.61. The molecule has 0 saturated carbocycles. The Balaban J connectivity index is 2.36. The molecule has 0 aliphatic carbocycles. The SMILES string of the molecule is Cn1cc(CCNC(C)(C)C(N)=O)cn1. The zero-order valence-electron chi connectivity index (χ0n) is 9.45. The number of aryl methyl sites for hydroxylation is 1. The van der Waals surface area contributed by atoms with Crippen molar-refractivity contribution in [1.82, 2.24) is 15.1 Å². The highest BCUT2D eigenvalue weighted by molar-refractivity contribution is 5.83. The predicted molar refractivity (Wildman–Crippen MR) is 58.2 cm³/mol. The van der Waals surface area contributed by atoms with E-state index in [1.165, 1.54) is 0 Å². The van der Waals surface area contributed by atoms with Crippen LogP contribution in [0.1, 0.15) is 19.4 Å². The first-order chi connectivity index (χ1) is 6.92. The van der Waals surface area contributed by atoms with E-state index in [0.29, 0.717) is 6.54 Å². The molecule has 1 aromatic heterocycles. The van der Waals surface area contributed by atoms with Crippen LogP contribution in [0.15, 0.2) is 12.4 Å². The number of rotatable bonds is 5.